The minimum Gasteiger partial charge on any atom is -0.480 e. The zero-order valence-corrected chi connectivity index (χ0v) is 8.66. The highest BCUT2D eigenvalue weighted by molar-refractivity contribution is 5.73. The lowest BCUT2D eigenvalue weighted by atomic mass is 10.0. The lowest BCUT2D eigenvalue weighted by Crippen LogP contribution is -2.46. The van der Waals surface area contributed by atoms with Crippen molar-refractivity contribution >= 4 is 5.97 Å². The third kappa shape index (κ3) is 3.64. The molecule has 0 aromatic heterocycles. The fourth-order valence-electron chi connectivity index (χ4n) is 1.62. The number of carbonyl (C=O) groups is 1. The molecular weight excluding hydrogens is 182 g/mol. The maximum Gasteiger partial charge on any atom is 0.320 e. The van der Waals surface area contributed by atoms with Gasteiger partial charge >= 0.3 is 5.97 Å². The number of hydrogen-bond acceptors (Lipinski definition) is 3. The van der Waals surface area contributed by atoms with E-state index in [0.717, 1.165) is 32.4 Å². The number of nitrogens with one attached hydrogen (secondary N) is 1. The van der Waals surface area contributed by atoms with Crippen molar-refractivity contribution in [2.24, 2.45) is 0 Å². The van der Waals surface area contributed by atoms with Gasteiger partial charge in [0.15, 0.2) is 0 Å². The van der Waals surface area contributed by atoms with Gasteiger partial charge in [-0.1, -0.05) is 13.3 Å². The number of hydrogen-bond donors (Lipinski definition) is 2. The zero-order chi connectivity index (χ0) is 10.4. The maximum atomic E-state index is 10.7. The van der Waals surface area contributed by atoms with E-state index in [2.05, 4.69) is 12.2 Å². The van der Waals surface area contributed by atoms with Gasteiger partial charge in [0.2, 0.25) is 0 Å². The van der Waals surface area contributed by atoms with Crippen LogP contribution in [0.2, 0.25) is 0 Å². The van der Waals surface area contributed by atoms with Crippen LogP contribution >= 0.6 is 0 Å². The summed E-state index contributed by atoms with van der Waals surface area (Å²) in [6, 6.07) is -0.421. The van der Waals surface area contributed by atoms with E-state index < -0.39 is 12.0 Å². The lowest BCUT2D eigenvalue weighted by Gasteiger charge is -2.27. The smallest absolute Gasteiger partial charge is 0.320 e. The van der Waals surface area contributed by atoms with E-state index in [1.54, 1.807) is 0 Å². The van der Waals surface area contributed by atoms with Crippen molar-refractivity contribution in [1.29, 1.82) is 0 Å². The molecule has 2 atom stereocenters. The van der Waals surface area contributed by atoms with Crippen LogP contribution in [0.1, 0.15) is 32.6 Å². The van der Waals surface area contributed by atoms with Crippen molar-refractivity contribution in [2.45, 2.75) is 44.8 Å². The van der Waals surface area contributed by atoms with Crippen LogP contribution in [0.15, 0.2) is 0 Å². The average molecular weight is 201 g/mol. The summed E-state index contributed by atoms with van der Waals surface area (Å²) in [5.74, 6) is -0.770. The summed E-state index contributed by atoms with van der Waals surface area (Å²) < 4.78 is 5.60. The minimum absolute atomic E-state index is 0.129. The highest BCUT2D eigenvalue weighted by Gasteiger charge is 2.26. The Morgan fingerprint density at radius 3 is 3.07 bits per heavy atom. The molecule has 1 rings (SSSR count). The molecule has 4 nitrogen and oxygen atoms in total. The van der Waals surface area contributed by atoms with Crippen molar-refractivity contribution in [2.75, 3.05) is 13.2 Å². The molecule has 2 N–H and O–H groups in total. The summed E-state index contributed by atoms with van der Waals surface area (Å²) in [4.78, 5) is 10.7. The summed E-state index contributed by atoms with van der Waals surface area (Å²) in [5, 5.41) is 11.8. The van der Waals surface area contributed by atoms with Crippen LogP contribution in [0, 0.1) is 0 Å². The van der Waals surface area contributed by atoms with E-state index in [0.29, 0.717) is 6.42 Å². The highest BCUT2D eigenvalue weighted by atomic mass is 16.5. The van der Waals surface area contributed by atoms with Crippen molar-refractivity contribution in [3.05, 3.63) is 0 Å². The van der Waals surface area contributed by atoms with Gasteiger partial charge in [0.05, 0.1) is 6.10 Å². The second-order valence-electron chi connectivity index (χ2n) is 3.72. The molecule has 1 saturated heterocycles. The quantitative estimate of drug-likeness (QED) is 0.652. The molecule has 0 aliphatic carbocycles. The van der Waals surface area contributed by atoms with Crippen molar-refractivity contribution in [3.63, 3.8) is 0 Å². The molecule has 82 valence electrons. The van der Waals surface area contributed by atoms with Crippen LogP contribution < -0.4 is 5.32 Å². The Morgan fingerprint density at radius 2 is 2.43 bits per heavy atom. The Hall–Kier alpha value is -0.610. The predicted molar refractivity (Wildman–Crippen MR) is 53.3 cm³/mol. The normalized spacial score (nSPS) is 27.5. The van der Waals surface area contributed by atoms with Gasteiger partial charge < -0.3 is 15.2 Å². The van der Waals surface area contributed by atoms with E-state index >= 15 is 0 Å². The van der Waals surface area contributed by atoms with E-state index in [4.69, 9.17) is 9.84 Å². The first-order valence-electron chi connectivity index (χ1n) is 5.31. The van der Waals surface area contributed by atoms with Crippen LogP contribution in [0.3, 0.4) is 0 Å². The molecule has 0 saturated carbocycles. The lowest BCUT2D eigenvalue weighted by molar-refractivity contribution is -0.141. The topological polar surface area (TPSA) is 58.6 Å². The fourth-order valence-corrected chi connectivity index (χ4v) is 1.62. The minimum atomic E-state index is -0.770. The second-order valence-corrected chi connectivity index (χ2v) is 3.72. The summed E-state index contributed by atoms with van der Waals surface area (Å²) in [6.07, 6.45) is 3.82. The van der Waals surface area contributed by atoms with Crippen molar-refractivity contribution in [3.8, 4) is 0 Å². The summed E-state index contributed by atoms with van der Waals surface area (Å²) in [7, 11) is 0. The van der Waals surface area contributed by atoms with Crippen molar-refractivity contribution < 1.29 is 14.6 Å². The van der Waals surface area contributed by atoms with Crippen molar-refractivity contribution in [1.82, 2.24) is 5.32 Å². The zero-order valence-electron chi connectivity index (χ0n) is 8.66. The van der Waals surface area contributed by atoms with E-state index in [1.165, 1.54) is 0 Å². The maximum absolute atomic E-state index is 10.7. The Morgan fingerprint density at radius 1 is 1.64 bits per heavy atom. The summed E-state index contributed by atoms with van der Waals surface area (Å²) in [5.41, 5.74) is 0. The predicted octanol–water partition coefficient (Wildman–Crippen LogP) is 1.01. The van der Waals surface area contributed by atoms with Gasteiger partial charge in [0, 0.05) is 6.61 Å². The third-order valence-corrected chi connectivity index (χ3v) is 2.51. The Kier molecular flexibility index (Phi) is 4.90. The summed E-state index contributed by atoms with van der Waals surface area (Å²) >= 11 is 0. The molecule has 0 radical (unpaired) electrons. The van der Waals surface area contributed by atoms with Crippen LogP contribution in [-0.4, -0.2) is 36.4 Å². The molecule has 0 aromatic rings. The van der Waals surface area contributed by atoms with E-state index in [-0.39, 0.29) is 6.10 Å². The van der Waals surface area contributed by atoms with Gasteiger partial charge in [-0.3, -0.25) is 4.79 Å². The van der Waals surface area contributed by atoms with Crippen LogP contribution in [0.4, 0.5) is 0 Å². The first kappa shape index (κ1) is 11.5. The molecule has 1 fully saturated rings. The molecule has 14 heavy (non-hydrogen) atoms. The number of unbranched alkanes of at least 4 members (excludes halogenated alkanes) is 1. The molecule has 2 unspecified atom stereocenters. The van der Waals surface area contributed by atoms with Gasteiger partial charge in [0.25, 0.3) is 0 Å². The first-order valence-corrected chi connectivity index (χ1v) is 5.31. The number of piperidine rings is 1. The van der Waals surface area contributed by atoms with Gasteiger partial charge in [-0.2, -0.15) is 0 Å². The summed E-state index contributed by atoms with van der Waals surface area (Å²) in [6.45, 7) is 3.62. The molecule has 0 amide bonds. The number of carboxylic acid groups (broad SMARTS) is 1. The SMILES string of the molecule is CCCCOC1CCNC(C(=O)O)C1. The van der Waals surface area contributed by atoms with E-state index in [9.17, 15) is 4.79 Å². The highest BCUT2D eigenvalue weighted by Crippen LogP contribution is 2.13. The van der Waals surface area contributed by atoms with E-state index in [1.807, 2.05) is 0 Å². The number of carboxylic acids is 1. The van der Waals surface area contributed by atoms with Gasteiger partial charge in [-0.15, -0.1) is 0 Å². The second kappa shape index (κ2) is 5.98. The number of ether oxygens (including phenoxy) is 1. The molecule has 4 heteroatoms. The van der Waals surface area contributed by atoms with Gasteiger partial charge in [-0.25, -0.2) is 0 Å². The monoisotopic (exact) mass is 201 g/mol. The first-order chi connectivity index (χ1) is 6.74. The molecule has 0 spiro atoms. The molecule has 0 aromatic carbocycles. The molecule has 1 aliphatic rings. The number of rotatable bonds is 5. The molecule has 0 bridgehead atoms. The molecular formula is C10H19NO3. The Labute approximate surface area is 84.6 Å². The molecule has 1 heterocycles. The average Bonchev–Trinajstić information content (AvgIpc) is 2.19. The fraction of sp³-hybridized carbons (Fsp3) is 0.900. The van der Waals surface area contributed by atoms with Crippen LogP contribution in [0.5, 0.6) is 0 Å². The molecule has 1 aliphatic heterocycles. The number of aliphatic carboxylic acids is 1. The van der Waals surface area contributed by atoms with Crippen LogP contribution in [-0.2, 0) is 9.53 Å². The largest absolute Gasteiger partial charge is 0.480 e. The Balaban J connectivity index is 2.22. The third-order valence-electron chi connectivity index (χ3n) is 2.51. The van der Waals surface area contributed by atoms with Gasteiger partial charge in [0.1, 0.15) is 6.04 Å². The van der Waals surface area contributed by atoms with Crippen LogP contribution in [0.25, 0.3) is 0 Å². The standard InChI is InChI=1S/C10H19NO3/c1-2-3-6-14-8-4-5-11-9(7-8)10(12)13/h8-9,11H,2-7H2,1H3,(H,12,13). The Bertz CT molecular complexity index is 184. The van der Waals surface area contributed by atoms with Gasteiger partial charge in [-0.05, 0) is 25.8 Å².